The highest BCUT2D eigenvalue weighted by Gasteiger charge is 1.99. The monoisotopic (exact) mass is 274 g/mol. The molecule has 0 amide bonds. The lowest BCUT2D eigenvalue weighted by Crippen LogP contribution is -2.32. The van der Waals surface area contributed by atoms with Crippen LogP contribution in [-0.2, 0) is 0 Å². The Balaban J connectivity index is 1.90. The van der Waals surface area contributed by atoms with Crippen LogP contribution in [0.3, 0.4) is 0 Å². The lowest BCUT2D eigenvalue weighted by molar-refractivity contribution is 0.745. The van der Waals surface area contributed by atoms with Crippen LogP contribution in [0.5, 0.6) is 0 Å². The molecule has 19 heavy (non-hydrogen) atoms. The Morgan fingerprint density at radius 3 is 3.11 bits per heavy atom. The van der Waals surface area contributed by atoms with Gasteiger partial charge in [0.05, 0.1) is 6.21 Å². The first-order valence-corrected chi connectivity index (χ1v) is 6.85. The minimum atomic E-state index is 0.560. The van der Waals surface area contributed by atoms with Gasteiger partial charge in [0.1, 0.15) is 0 Å². The summed E-state index contributed by atoms with van der Waals surface area (Å²) in [5, 5.41) is 8.95. The average Bonchev–Trinajstić information content (AvgIpc) is 2.83. The van der Waals surface area contributed by atoms with E-state index in [9.17, 15) is 0 Å². The molecule has 0 saturated heterocycles. The number of para-hydroxylation sites is 1. The van der Waals surface area contributed by atoms with E-state index in [-0.39, 0.29) is 0 Å². The molecular weight excluding hydrogens is 256 g/mol. The van der Waals surface area contributed by atoms with Crippen molar-refractivity contribution in [2.45, 2.75) is 19.8 Å². The van der Waals surface area contributed by atoms with Crippen LogP contribution in [0.15, 0.2) is 35.6 Å². The minimum absolute atomic E-state index is 0.560. The Morgan fingerprint density at radius 2 is 2.26 bits per heavy atom. The molecule has 4 nitrogen and oxygen atoms in total. The van der Waals surface area contributed by atoms with Gasteiger partial charge >= 0.3 is 0 Å². The zero-order valence-corrected chi connectivity index (χ0v) is 11.8. The summed E-state index contributed by atoms with van der Waals surface area (Å²) < 4.78 is 0. The molecule has 0 saturated carbocycles. The molecule has 0 aliphatic carbocycles. The number of unbranched alkanes of at least 4 members (excludes halogenated alkanes) is 1. The number of H-pyrrole nitrogens is 1. The van der Waals surface area contributed by atoms with Gasteiger partial charge in [0.15, 0.2) is 5.11 Å². The molecule has 0 radical (unpaired) electrons. The Kier molecular flexibility index (Phi) is 4.92. The first-order valence-electron chi connectivity index (χ1n) is 6.44. The maximum Gasteiger partial charge on any atom is 0.186 e. The summed E-state index contributed by atoms with van der Waals surface area (Å²) in [6, 6.07) is 8.12. The molecule has 2 aromatic rings. The van der Waals surface area contributed by atoms with E-state index < -0.39 is 0 Å². The molecule has 0 aliphatic heterocycles. The van der Waals surface area contributed by atoms with E-state index in [1.54, 1.807) is 6.21 Å². The van der Waals surface area contributed by atoms with Crippen molar-refractivity contribution in [3.8, 4) is 0 Å². The van der Waals surface area contributed by atoms with Crippen LogP contribution in [0.25, 0.3) is 10.9 Å². The summed E-state index contributed by atoms with van der Waals surface area (Å²) in [7, 11) is 0. The van der Waals surface area contributed by atoms with Gasteiger partial charge in [-0.1, -0.05) is 31.5 Å². The number of thiocarbonyl (C=S) groups is 1. The molecule has 0 bridgehead atoms. The Labute approximate surface area is 118 Å². The molecular formula is C14H18N4S. The van der Waals surface area contributed by atoms with Gasteiger partial charge in [-0.25, -0.2) is 0 Å². The lowest BCUT2D eigenvalue weighted by Gasteiger charge is -2.04. The van der Waals surface area contributed by atoms with Gasteiger partial charge in [0, 0.05) is 29.2 Å². The minimum Gasteiger partial charge on any atom is -0.361 e. The van der Waals surface area contributed by atoms with E-state index in [0.29, 0.717) is 5.11 Å². The fraction of sp³-hybridized carbons (Fsp3) is 0.286. The van der Waals surface area contributed by atoms with Crippen LogP contribution in [0, 0.1) is 0 Å². The predicted octanol–water partition coefficient (Wildman–Crippen LogP) is 2.77. The second-order valence-corrected chi connectivity index (χ2v) is 4.68. The van der Waals surface area contributed by atoms with Gasteiger partial charge < -0.3 is 10.3 Å². The molecule has 1 aromatic heterocycles. The number of hydrogen-bond acceptors (Lipinski definition) is 2. The van der Waals surface area contributed by atoms with E-state index >= 15 is 0 Å². The Hall–Kier alpha value is -1.88. The summed E-state index contributed by atoms with van der Waals surface area (Å²) in [6.07, 6.45) is 5.96. The van der Waals surface area contributed by atoms with Crippen molar-refractivity contribution < 1.29 is 0 Å². The zero-order valence-electron chi connectivity index (χ0n) is 10.9. The van der Waals surface area contributed by atoms with Gasteiger partial charge in [0.25, 0.3) is 0 Å². The largest absolute Gasteiger partial charge is 0.361 e. The topological polar surface area (TPSA) is 52.2 Å². The number of rotatable bonds is 5. The number of nitrogens with one attached hydrogen (secondary N) is 3. The van der Waals surface area contributed by atoms with Crippen LogP contribution in [0.4, 0.5) is 0 Å². The van der Waals surface area contributed by atoms with Gasteiger partial charge in [-0.2, -0.15) is 5.10 Å². The van der Waals surface area contributed by atoms with Crippen LogP contribution in [0.1, 0.15) is 25.3 Å². The van der Waals surface area contributed by atoms with Crippen molar-refractivity contribution in [3.63, 3.8) is 0 Å². The van der Waals surface area contributed by atoms with Gasteiger partial charge in [-0.05, 0) is 24.7 Å². The Bertz CT molecular complexity index is 574. The number of aromatic nitrogens is 1. The summed E-state index contributed by atoms with van der Waals surface area (Å²) in [5.74, 6) is 0. The molecule has 5 heteroatoms. The number of benzene rings is 1. The molecule has 0 spiro atoms. The fourth-order valence-corrected chi connectivity index (χ4v) is 1.93. The molecule has 1 aromatic carbocycles. The number of fused-ring (bicyclic) bond motifs is 1. The van der Waals surface area contributed by atoms with E-state index in [1.807, 2.05) is 24.4 Å². The van der Waals surface area contributed by atoms with E-state index in [1.165, 1.54) is 0 Å². The van der Waals surface area contributed by atoms with Crippen molar-refractivity contribution in [1.82, 2.24) is 15.7 Å². The van der Waals surface area contributed by atoms with Crippen molar-refractivity contribution in [2.24, 2.45) is 5.10 Å². The smallest absolute Gasteiger partial charge is 0.186 e. The van der Waals surface area contributed by atoms with E-state index in [2.05, 4.69) is 33.8 Å². The molecule has 0 fully saturated rings. The van der Waals surface area contributed by atoms with Crippen molar-refractivity contribution in [2.75, 3.05) is 6.54 Å². The summed E-state index contributed by atoms with van der Waals surface area (Å²) in [4.78, 5) is 3.20. The second kappa shape index (κ2) is 6.89. The lowest BCUT2D eigenvalue weighted by atomic mass is 10.2. The first-order chi connectivity index (χ1) is 9.31. The van der Waals surface area contributed by atoms with Crippen LogP contribution >= 0.6 is 12.2 Å². The van der Waals surface area contributed by atoms with Gasteiger partial charge in [-0.3, -0.25) is 5.43 Å². The van der Waals surface area contributed by atoms with Crippen LogP contribution in [0.2, 0.25) is 0 Å². The highest BCUT2D eigenvalue weighted by molar-refractivity contribution is 7.80. The first kappa shape index (κ1) is 13.5. The summed E-state index contributed by atoms with van der Waals surface area (Å²) in [6.45, 7) is 3.03. The molecule has 3 N–H and O–H groups in total. The molecule has 100 valence electrons. The third-order valence-corrected chi connectivity index (χ3v) is 3.04. The predicted molar refractivity (Wildman–Crippen MR) is 84.5 cm³/mol. The third-order valence-electron chi connectivity index (χ3n) is 2.81. The molecule has 0 aliphatic rings. The van der Waals surface area contributed by atoms with Crippen LogP contribution in [-0.4, -0.2) is 22.9 Å². The van der Waals surface area contributed by atoms with Gasteiger partial charge in [-0.15, -0.1) is 0 Å². The number of hydrogen-bond donors (Lipinski definition) is 3. The highest BCUT2D eigenvalue weighted by Crippen LogP contribution is 2.15. The second-order valence-electron chi connectivity index (χ2n) is 4.27. The van der Waals surface area contributed by atoms with Crippen molar-refractivity contribution in [3.05, 3.63) is 36.0 Å². The Morgan fingerprint density at radius 1 is 1.42 bits per heavy atom. The maximum absolute atomic E-state index is 5.11. The van der Waals surface area contributed by atoms with E-state index in [0.717, 1.165) is 35.9 Å². The fourth-order valence-electron chi connectivity index (χ4n) is 1.78. The van der Waals surface area contributed by atoms with Gasteiger partial charge in [0.2, 0.25) is 0 Å². The van der Waals surface area contributed by atoms with Crippen molar-refractivity contribution >= 4 is 34.4 Å². The standard InChI is InChI=1S/C14H18N4S/c1-2-3-8-15-14(19)18-17-10-11-9-16-13-7-5-4-6-12(11)13/h4-7,9-10,16H,2-3,8H2,1H3,(H2,15,18,19)/b17-10-. The molecule has 1 heterocycles. The summed E-state index contributed by atoms with van der Waals surface area (Å²) >= 11 is 5.11. The van der Waals surface area contributed by atoms with Crippen molar-refractivity contribution in [1.29, 1.82) is 0 Å². The number of nitrogens with zero attached hydrogens (tertiary/aromatic N) is 1. The quantitative estimate of drug-likeness (QED) is 0.340. The molecule has 0 atom stereocenters. The summed E-state index contributed by atoms with van der Waals surface area (Å²) in [5.41, 5.74) is 4.97. The normalized spacial score (nSPS) is 11.0. The zero-order chi connectivity index (χ0) is 13.5. The molecule has 2 rings (SSSR count). The third kappa shape index (κ3) is 3.79. The average molecular weight is 274 g/mol. The SMILES string of the molecule is CCCCNC(=S)N/N=C\c1c[nH]c2ccccc12. The maximum atomic E-state index is 5.11. The number of aromatic amines is 1. The molecule has 0 unspecified atom stereocenters. The van der Waals surface area contributed by atoms with Crippen LogP contribution < -0.4 is 10.7 Å². The van der Waals surface area contributed by atoms with E-state index in [4.69, 9.17) is 12.2 Å². The number of hydrazone groups is 1. The highest BCUT2D eigenvalue weighted by atomic mass is 32.1.